The molecule has 0 radical (unpaired) electrons. The van der Waals surface area contributed by atoms with Crippen LogP contribution in [0.5, 0.6) is 0 Å². The van der Waals surface area contributed by atoms with Crippen molar-refractivity contribution in [3.63, 3.8) is 0 Å². The van der Waals surface area contributed by atoms with Gasteiger partial charge in [-0.25, -0.2) is 0 Å². The van der Waals surface area contributed by atoms with Crippen molar-refractivity contribution in [2.45, 2.75) is 33.6 Å². The molecule has 11 heavy (non-hydrogen) atoms. The fourth-order valence-corrected chi connectivity index (χ4v) is 0.929. The van der Waals surface area contributed by atoms with Crippen LogP contribution in [0.1, 0.15) is 33.6 Å². The largest absolute Gasteiger partial charge is 0.465 e. The van der Waals surface area contributed by atoms with E-state index < -0.39 is 0 Å². The number of hydrogen-bond donors (Lipinski definition) is 0. The van der Waals surface area contributed by atoms with Gasteiger partial charge in [0.25, 0.3) is 0 Å². The van der Waals surface area contributed by atoms with Gasteiger partial charge in [0.05, 0.1) is 6.26 Å². The Labute approximate surface area is 68.8 Å². The standard InChI is InChI=1S/C10H16O/c1-4-8(2)5-6-10-9(3)7-11-10/h6-8H,4-5H2,1-3H3/b10-6-. The number of hydrogen-bond acceptors (Lipinski definition) is 1. The molecule has 0 aliphatic carbocycles. The average Bonchev–Trinajstić information content (AvgIpc) is 2.01. The quantitative estimate of drug-likeness (QED) is 0.603. The van der Waals surface area contributed by atoms with Crippen molar-refractivity contribution in [2.24, 2.45) is 5.92 Å². The summed E-state index contributed by atoms with van der Waals surface area (Å²) < 4.78 is 5.14. The molecular formula is C10H16O. The average molecular weight is 152 g/mol. The fraction of sp³-hybridized carbons (Fsp3) is 0.600. The van der Waals surface area contributed by atoms with Gasteiger partial charge in [0.2, 0.25) is 0 Å². The molecule has 0 aromatic heterocycles. The first-order valence-electron chi connectivity index (χ1n) is 4.28. The summed E-state index contributed by atoms with van der Waals surface area (Å²) in [4.78, 5) is 0. The van der Waals surface area contributed by atoms with Crippen LogP contribution in [-0.4, -0.2) is 0 Å². The minimum absolute atomic E-state index is 0.777. The van der Waals surface area contributed by atoms with E-state index in [2.05, 4.69) is 26.8 Å². The second-order valence-corrected chi connectivity index (χ2v) is 3.24. The Morgan fingerprint density at radius 3 is 2.73 bits per heavy atom. The van der Waals surface area contributed by atoms with Crippen molar-refractivity contribution in [3.05, 3.63) is 23.7 Å². The van der Waals surface area contributed by atoms with Crippen LogP contribution in [0.3, 0.4) is 0 Å². The van der Waals surface area contributed by atoms with E-state index in [0.717, 1.165) is 18.1 Å². The summed E-state index contributed by atoms with van der Waals surface area (Å²) in [6.45, 7) is 6.55. The minimum Gasteiger partial charge on any atom is -0.465 e. The molecule has 0 spiro atoms. The molecule has 1 aliphatic rings. The predicted molar refractivity (Wildman–Crippen MR) is 47.0 cm³/mol. The molecule has 1 rings (SSSR count). The van der Waals surface area contributed by atoms with Gasteiger partial charge in [0.1, 0.15) is 5.76 Å². The van der Waals surface area contributed by atoms with E-state index in [4.69, 9.17) is 4.74 Å². The summed E-state index contributed by atoms with van der Waals surface area (Å²) in [6, 6.07) is 0. The molecule has 0 bridgehead atoms. The van der Waals surface area contributed by atoms with E-state index in [9.17, 15) is 0 Å². The van der Waals surface area contributed by atoms with Crippen LogP contribution in [-0.2, 0) is 4.74 Å². The van der Waals surface area contributed by atoms with Crippen molar-refractivity contribution in [1.82, 2.24) is 0 Å². The highest BCUT2D eigenvalue weighted by atomic mass is 16.5. The lowest BCUT2D eigenvalue weighted by atomic mass is 10.0. The van der Waals surface area contributed by atoms with Crippen LogP contribution in [0.2, 0.25) is 0 Å². The summed E-state index contributed by atoms with van der Waals surface area (Å²) in [7, 11) is 0. The lowest BCUT2D eigenvalue weighted by Crippen LogP contribution is -2.00. The summed E-state index contributed by atoms with van der Waals surface area (Å²) in [5, 5.41) is 0. The summed E-state index contributed by atoms with van der Waals surface area (Å²) in [5.74, 6) is 1.85. The maximum absolute atomic E-state index is 5.14. The molecule has 0 amide bonds. The third-order valence-electron chi connectivity index (χ3n) is 2.15. The third-order valence-corrected chi connectivity index (χ3v) is 2.15. The van der Waals surface area contributed by atoms with Crippen LogP contribution in [0.15, 0.2) is 23.7 Å². The lowest BCUT2D eigenvalue weighted by molar-refractivity contribution is 0.306. The molecule has 62 valence electrons. The first-order chi connectivity index (χ1) is 5.24. The first-order valence-corrected chi connectivity index (χ1v) is 4.28. The van der Waals surface area contributed by atoms with Gasteiger partial charge in [-0.05, 0) is 25.3 Å². The Kier molecular flexibility index (Phi) is 2.75. The monoisotopic (exact) mass is 152 g/mol. The van der Waals surface area contributed by atoms with Gasteiger partial charge >= 0.3 is 0 Å². The molecule has 1 unspecified atom stereocenters. The smallest absolute Gasteiger partial charge is 0.128 e. The lowest BCUT2D eigenvalue weighted by Gasteiger charge is -2.16. The van der Waals surface area contributed by atoms with E-state index in [0.29, 0.717) is 0 Å². The molecule has 0 fully saturated rings. The molecule has 1 atom stereocenters. The summed E-state index contributed by atoms with van der Waals surface area (Å²) in [6.07, 6.45) is 6.36. The van der Waals surface area contributed by atoms with Gasteiger partial charge in [0.15, 0.2) is 0 Å². The summed E-state index contributed by atoms with van der Waals surface area (Å²) >= 11 is 0. The summed E-state index contributed by atoms with van der Waals surface area (Å²) in [5.41, 5.74) is 1.27. The molecule has 1 heteroatoms. The Balaban J connectivity index is 2.31. The van der Waals surface area contributed by atoms with Gasteiger partial charge in [0, 0.05) is 5.57 Å². The first kappa shape index (κ1) is 8.38. The molecule has 0 aromatic carbocycles. The molecule has 1 nitrogen and oxygen atoms in total. The van der Waals surface area contributed by atoms with E-state index in [1.807, 2.05) is 0 Å². The Bertz CT molecular complexity index is 189. The third kappa shape index (κ3) is 2.11. The van der Waals surface area contributed by atoms with E-state index in [-0.39, 0.29) is 0 Å². The highest BCUT2D eigenvalue weighted by Crippen LogP contribution is 2.23. The molecule has 0 saturated carbocycles. The molecule has 1 aliphatic heterocycles. The van der Waals surface area contributed by atoms with Crippen LogP contribution in [0.4, 0.5) is 0 Å². The van der Waals surface area contributed by atoms with E-state index >= 15 is 0 Å². The second kappa shape index (κ2) is 3.61. The SMILES string of the molecule is CCC(C)C/C=C1\OC=C1C. The molecule has 0 aromatic rings. The van der Waals surface area contributed by atoms with Crippen molar-refractivity contribution < 1.29 is 4.74 Å². The van der Waals surface area contributed by atoms with Gasteiger partial charge in [-0.1, -0.05) is 20.3 Å². The maximum Gasteiger partial charge on any atom is 0.128 e. The number of rotatable bonds is 3. The van der Waals surface area contributed by atoms with Crippen LogP contribution in [0, 0.1) is 5.92 Å². The number of ether oxygens (including phenoxy) is 1. The van der Waals surface area contributed by atoms with Crippen molar-refractivity contribution in [1.29, 1.82) is 0 Å². The predicted octanol–water partition coefficient (Wildman–Crippen LogP) is 3.24. The van der Waals surface area contributed by atoms with Crippen LogP contribution >= 0.6 is 0 Å². The van der Waals surface area contributed by atoms with Gasteiger partial charge in [-0.2, -0.15) is 0 Å². The molecule has 1 heterocycles. The molecule has 0 saturated heterocycles. The minimum atomic E-state index is 0.777. The Hall–Kier alpha value is -0.720. The second-order valence-electron chi connectivity index (χ2n) is 3.24. The molecular weight excluding hydrogens is 136 g/mol. The van der Waals surface area contributed by atoms with E-state index in [1.54, 1.807) is 6.26 Å². The van der Waals surface area contributed by atoms with Crippen molar-refractivity contribution in [3.8, 4) is 0 Å². The zero-order valence-corrected chi connectivity index (χ0v) is 7.55. The Morgan fingerprint density at radius 2 is 2.36 bits per heavy atom. The van der Waals surface area contributed by atoms with Gasteiger partial charge in [-0.3, -0.25) is 0 Å². The van der Waals surface area contributed by atoms with Crippen LogP contribution < -0.4 is 0 Å². The highest BCUT2D eigenvalue weighted by Gasteiger charge is 2.09. The number of allylic oxidation sites excluding steroid dienone is 2. The topological polar surface area (TPSA) is 9.23 Å². The Morgan fingerprint density at radius 1 is 1.64 bits per heavy atom. The maximum atomic E-state index is 5.14. The zero-order chi connectivity index (χ0) is 8.27. The normalized spacial score (nSPS) is 22.1. The molecule has 0 N–H and O–H groups in total. The van der Waals surface area contributed by atoms with Gasteiger partial charge < -0.3 is 4.74 Å². The zero-order valence-electron chi connectivity index (χ0n) is 7.55. The highest BCUT2D eigenvalue weighted by molar-refractivity contribution is 5.29. The van der Waals surface area contributed by atoms with Crippen LogP contribution in [0.25, 0.3) is 0 Å². The van der Waals surface area contributed by atoms with Gasteiger partial charge in [-0.15, -0.1) is 0 Å². The van der Waals surface area contributed by atoms with Crippen molar-refractivity contribution in [2.75, 3.05) is 0 Å². The fourth-order valence-electron chi connectivity index (χ4n) is 0.929. The van der Waals surface area contributed by atoms with Crippen molar-refractivity contribution >= 4 is 0 Å². The van der Waals surface area contributed by atoms with E-state index in [1.165, 1.54) is 12.0 Å².